The minimum Gasteiger partial charge on any atom is -0.394 e. The second-order valence-corrected chi connectivity index (χ2v) is 4.80. The van der Waals surface area contributed by atoms with Gasteiger partial charge in [0.2, 0.25) is 0 Å². The minimum absolute atomic E-state index is 0.0398. The van der Waals surface area contributed by atoms with Gasteiger partial charge >= 0.3 is 0 Å². The fourth-order valence-electron chi connectivity index (χ4n) is 2.26. The molecule has 20 heavy (non-hydrogen) atoms. The van der Waals surface area contributed by atoms with E-state index in [1.54, 1.807) is 19.1 Å². The number of ether oxygens (including phenoxy) is 1. The lowest BCUT2D eigenvalue weighted by Gasteiger charge is -2.33. The number of nitro groups is 1. The van der Waals surface area contributed by atoms with Crippen molar-refractivity contribution >= 4 is 11.4 Å². The largest absolute Gasteiger partial charge is 0.394 e. The summed E-state index contributed by atoms with van der Waals surface area (Å²) in [5.74, 6) is 0. The van der Waals surface area contributed by atoms with E-state index in [9.17, 15) is 15.2 Å². The summed E-state index contributed by atoms with van der Waals surface area (Å²) in [6.07, 6.45) is -1.09. The molecule has 0 radical (unpaired) electrons. The summed E-state index contributed by atoms with van der Waals surface area (Å²) >= 11 is 0. The predicted octanol–water partition coefficient (Wildman–Crippen LogP) is 0.846. The second-order valence-electron chi connectivity index (χ2n) is 4.80. The maximum Gasteiger partial charge on any atom is 0.292 e. The molecule has 1 unspecified atom stereocenters. The molecule has 1 heterocycles. The molecule has 0 bridgehead atoms. The van der Waals surface area contributed by atoms with E-state index in [2.05, 4.69) is 0 Å². The van der Waals surface area contributed by atoms with Gasteiger partial charge in [0.25, 0.3) is 5.69 Å². The highest BCUT2D eigenvalue weighted by atomic mass is 16.6. The van der Waals surface area contributed by atoms with E-state index in [0.29, 0.717) is 30.9 Å². The summed E-state index contributed by atoms with van der Waals surface area (Å²) in [7, 11) is 0. The molecule has 0 aliphatic carbocycles. The first-order valence-corrected chi connectivity index (χ1v) is 6.46. The second kappa shape index (κ2) is 6.17. The first-order chi connectivity index (χ1) is 9.52. The van der Waals surface area contributed by atoms with Crippen molar-refractivity contribution in [1.29, 1.82) is 0 Å². The number of hydrogen-bond acceptors (Lipinski definition) is 6. The summed E-state index contributed by atoms with van der Waals surface area (Å²) < 4.78 is 5.34. The number of benzene rings is 1. The fourth-order valence-corrected chi connectivity index (χ4v) is 2.26. The molecule has 0 saturated carbocycles. The quantitative estimate of drug-likeness (QED) is 0.627. The Hall–Kier alpha value is -1.70. The van der Waals surface area contributed by atoms with Crippen molar-refractivity contribution in [1.82, 2.24) is 0 Å². The number of nitrogens with zero attached hydrogens (tertiary/aromatic N) is 2. The van der Waals surface area contributed by atoms with Gasteiger partial charge in [0.1, 0.15) is 5.69 Å². The van der Waals surface area contributed by atoms with Gasteiger partial charge in [-0.15, -0.1) is 0 Å². The lowest BCUT2D eigenvalue weighted by Crippen LogP contribution is -2.44. The summed E-state index contributed by atoms with van der Waals surface area (Å²) in [6.45, 7) is 2.81. The van der Waals surface area contributed by atoms with Gasteiger partial charge in [-0.25, -0.2) is 0 Å². The van der Waals surface area contributed by atoms with E-state index >= 15 is 0 Å². The van der Waals surface area contributed by atoms with Crippen molar-refractivity contribution in [3.8, 4) is 0 Å². The summed E-state index contributed by atoms with van der Waals surface area (Å²) in [4.78, 5) is 12.6. The van der Waals surface area contributed by atoms with E-state index < -0.39 is 11.0 Å². The van der Waals surface area contributed by atoms with Gasteiger partial charge in [-0.3, -0.25) is 10.1 Å². The van der Waals surface area contributed by atoms with E-state index in [1.807, 2.05) is 4.90 Å². The van der Waals surface area contributed by atoms with Crippen LogP contribution in [-0.4, -0.2) is 47.5 Å². The molecule has 7 heteroatoms. The van der Waals surface area contributed by atoms with Crippen LogP contribution >= 0.6 is 0 Å². The zero-order chi connectivity index (χ0) is 14.7. The molecule has 7 nitrogen and oxygen atoms in total. The minimum atomic E-state index is -0.752. The number of aliphatic hydroxyl groups is 2. The number of hydrogen-bond donors (Lipinski definition) is 2. The van der Waals surface area contributed by atoms with E-state index in [1.165, 1.54) is 6.07 Å². The highest BCUT2D eigenvalue weighted by molar-refractivity contribution is 5.64. The Morgan fingerprint density at radius 1 is 1.60 bits per heavy atom. The lowest BCUT2D eigenvalue weighted by atomic mass is 10.1. The number of rotatable bonds is 4. The van der Waals surface area contributed by atoms with Crippen LogP contribution in [0.1, 0.15) is 18.6 Å². The van der Waals surface area contributed by atoms with Crippen LogP contribution in [0.15, 0.2) is 18.2 Å². The molecule has 1 aromatic carbocycles. The third kappa shape index (κ3) is 3.06. The molecule has 0 aromatic heterocycles. The van der Waals surface area contributed by atoms with Gasteiger partial charge in [-0.1, -0.05) is 6.07 Å². The normalized spacial score (nSPS) is 20.8. The molecule has 0 amide bonds. The molecular formula is C13H18N2O5. The number of anilines is 1. The summed E-state index contributed by atoms with van der Waals surface area (Å²) in [6, 6.07) is 4.71. The number of nitro benzene ring substituents is 1. The van der Waals surface area contributed by atoms with Crippen molar-refractivity contribution < 1.29 is 19.9 Å². The third-order valence-corrected chi connectivity index (χ3v) is 3.36. The predicted molar refractivity (Wildman–Crippen MR) is 72.8 cm³/mol. The zero-order valence-electron chi connectivity index (χ0n) is 11.2. The average molecular weight is 282 g/mol. The number of aliphatic hydroxyl groups excluding tert-OH is 2. The first kappa shape index (κ1) is 14.7. The van der Waals surface area contributed by atoms with Crippen LogP contribution in [0.4, 0.5) is 11.4 Å². The smallest absolute Gasteiger partial charge is 0.292 e. The van der Waals surface area contributed by atoms with Gasteiger partial charge in [0, 0.05) is 19.2 Å². The Labute approximate surface area is 116 Å². The van der Waals surface area contributed by atoms with Crippen molar-refractivity contribution in [2.24, 2.45) is 0 Å². The Morgan fingerprint density at radius 3 is 2.95 bits per heavy atom. The molecule has 1 aliphatic rings. The topological polar surface area (TPSA) is 96.1 Å². The molecule has 1 fully saturated rings. The Balaban J connectivity index is 2.32. The molecule has 1 saturated heterocycles. The fraction of sp³-hybridized carbons (Fsp3) is 0.538. The molecule has 1 aromatic rings. The maximum atomic E-state index is 11.2. The van der Waals surface area contributed by atoms with Crippen LogP contribution in [0.5, 0.6) is 0 Å². The van der Waals surface area contributed by atoms with Crippen LogP contribution < -0.4 is 4.90 Å². The van der Waals surface area contributed by atoms with Crippen LogP contribution in [0.2, 0.25) is 0 Å². The molecular weight excluding hydrogens is 264 g/mol. The van der Waals surface area contributed by atoms with Gasteiger partial charge in [0.15, 0.2) is 0 Å². The van der Waals surface area contributed by atoms with Crippen LogP contribution in [0.3, 0.4) is 0 Å². The lowest BCUT2D eigenvalue weighted by molar-refractivity contribution is -0.384. The van der Waals surface area contributed by atoms with Gasteiger partial charge in [-0.2, -0.15) is 0 Å². The van der Waals surface area contributed by atoms with E-state index in [0.717, 1.165) is 0 Å². The van der Waals surface area contributed by atoms with Crippen LogP contribution in [-0.2, 0) is 4.74 Å². The van der Waals surface area contributed by atoms with Crippen molar-refractivity contribution in [3.63, 3.8) is 0 Å². The molecule has 110 valence electrons. The van der Waals surface area contributed by atoms with Crippen molar-refractivity contribution in [3.05, 3.63) is 33.9 Å². The zero-order valence-corrected chi connectivity index (χ0v) is 11.2. The monoisotopic (exact) mass is 282 g/mol. The Morgan fingerprint density at radius 2 is 2.35 bits per heavy atom. The molecule has 2 atom stereocenters. The SMILES string of the molecule is C[C@@H](O)c1ccc(N2CCOC(CO)C2)c([N+](=O)[O-])c1. The molecule has 0 spiro atoms. The van der Waals surface area contributed by atoms with Crippen molar-refractivity contribution in [2.45, 2.75) is 19.1 Å². The standard InChI is InChI=1S/C13H18N2O5/c1-9(17)10-2-3-12(13(6-10)15(18)19)14-4-5-20-11(7-14)8-16/h2-3,6,9,11,16-17H,4-5,7-8H2,1H3/t9-,11?/m1/s1. The maximum absolute atomic E-state index is 11.2. The highest BCUT2D eigenvalue weighted by Gasteiger charge is 2.26. The van der Waals surface area contributed by atoms with Crippen molar-refractivity contribution in [2.75, 3.05) is 31.2 Å². The first-order valence-electron chi connectivity index (χ1n) is 6.46. The van der Waals surface area contributed by atoms with Crippen LogP contribution in [0.25, 0.3) is 0 Å². The summed E-state index contributed by atoms with van der Waals surface area (Å²) in [5, 5.41) is 29.9. The summed E-state index contributed by atoms with van der Waals surface area (Å²) in [5.41, 5.74) is 0.954. The molecule has 2 rings (SSSR count). The molecule has 2 N–H and O–H groups in total. The van der Waals surface area contributed by atoms with Gasteiger partial charge in [-0.05, 0) is 18.6 Å². The Bertz CT molecular complexity index is 492. The molecule has 1 aliphatic heterocycles. The van der Waals surface area contributed by atoms with Gasteiger partial charge in [0.05, 0.1) is 30.3 Å². The third-order valence-electron chi connectivity index (χ3n) is 3.36. The van der Waals surface area contributed by atoms with Gasteiger partial charge < -0.3 is 19.8 Å². The van der Waals surface area contributed by atoms with E-state index in [-0.39, 0.29) is 18.4 Å². The number of morpholine rings is 1. The highest BCUT2D eigenvalue weighted by Crippen LogP contribution is 2.32. The van der Waals surface area contributed by atoms with Crippen LogP contribution in [0, 0.1) is 10.1 Å². The average Bonchev–Trinajstić information content (AvgIpc) is 2.46. The Kier molecular flexibility index (Phi) is 4.53. The van der Waals surface area contributed by atoms with E-state index in [4.69, 9.17) is 9.84 Å².